The molecule has 0 aliphatic carbocycles. The van der Waals surface area contributed by atoms with Gasteiger partial charge in [0.1, 0.15) is 5.82 Å². The largest absolute Gasteiger partial charge is 0.471 e. The zero-order valence-corrected chi connectivity index (χ0v) is 12.3. The van der Waals surface area contributed by atoms with Gasteiger partial charge in [-0.3, -0.25) is 10.1 Å². The van der Waals surface area contributed by atoms with Crippen LogP contribution >= 0.6 is 0 Å². The van der Waals surface area contributed by atoms with Crippen molar-refractivity contribution in [1.29, 1.82) is 5.26 Å². The Morgan fingerprint density at radius 1 is 1.42 bits per heavy atom. The van der Waals surface area contributed by atoms with Crippen LogP contribution in [0, 0.1) is 11.3 Å². The third-order valence-corrected chi connectivity index (χ3v) is 3.76. The Morgan fingerprint density at radius 2 is 2.21 bits per heavy atom. The summed E-state index contributed by atoms with van der Waals surface area (Å²) >= 11 is 0. The molecule has 1 N–H and O–H groups in total. The maximum atomic E-state index is 12.3. The molecule has 1 aliphatic rings. The van der Waals surface area contributed by atoms with E-state index < -0.39 is 12.1 Å². The smallest absolute Gasteiger partial charge is 0.285 e. The van der Waals surface area contributed by atoms with Gasteiger partial charge in [0, 0.05) is 6.42 Å². The number of rotatable bonds is 2. The minimum absolute atomic E-state index is 0.230. The highest BCUT2D eigenvalue weighted by atomic mass is 19.4. The first kappa shape index (κ1) is 16.0. The van der Waals surface area contributed by atoms with Crippen LogP contribution in [0.15, 0.2) is 24.3 Å². The van der Waals surface area contributed by atoms with Crippen LogP contribution in [0.1, 0.15) is 35.8 Å². The third kappa shape index (κ3) is 3.08. The number of alkyl halides is 3. The molecule has 0 bridgehead atoms. The highest BCUT2D eigenvalue weighted by Gasteiger charge is 2.39. The molecule has 1 aromatic heterocycles. The highest BCUT2D eigenvalue weighted by Crippen LogP contribution is 2.30. The molecule has 0 saturated heterocycles. The van der Waals surface area contributed by atoms with Gasteiger partial charge in [-0.1, -0.05) is 12.1 Å². The summed E-state index contributed by atoms with van der Waals surface area (Å²) in [6, 6.07) is 8.78. The van der Waals surface area contributed by atoms with Crippen LogP contribution in [0.3, 0.4) is 0 Å². The quantitative estimate of drug-likeness (QED) is 0.914. The number of benzene rings is 1. The number of nitrogens with zero attached hydrogens (tertiary/aromatic N) is 4. The van der Waals surface area contributed by atoms with Crippen molar-refractivity contribution in [1.82, 2.24) is 14.8 Å². The molecule has 2 heterocycles. The Bertz CT molecular complexity index is 821. The van der Waals surface area contributed by atoms with Gasteiger partial charge in [-0.15, -0.1) is 5.10 Å². The number of hydrogen-bond acceptors (Lipinski definition) is 4. The molecule has 1 aliphatic heterocycles. The monoisotopic (exact) mass is 335 g/mol. The Labute approximate surface area is 134 Å². The fourth-order valence-corrected chi connectivity index (χ4v) is 2.70. The van der Waals surface area contributed by atoms with E-state index in [-0.39, 0.29) is 12.0 Å². The molecule has 124 valence electrons. The summed E-state index contributed by atoms with van der Waals surface area (Å²) in [4.78, 5) is 15.0. The number of nitrogens with one attached hydrogen (secondary N) is 1. The number of carbonyl (C=O) groups excluding carboxylic acids is 1. The molecular formula is C15H12F3N5O. The molecule has 3 rings (SSSR count). The number of aryl methyl sites for hydroxylation is 1. The molecule has 24 heavy (non-hydrogen) atoms. The molecule has 0 radical (unpaired) electrons. The van der Waals surface area contributed by atoms with Crippen molar-refractivity contribution in [3.05, 3.63) is 41.2 Å². The second-order valence-electron chi connectivity index (χ2n) is 5.39. The summed E-state index contributed by atoms with van der Waals surface area (Å²) in [7, 11) is 0. The van der Waals surface area contributed by atoms with Gasteiger partial charge < -0.3 is 0 Å². The number of carbonyl (C=O) groups is 1. The molecule has 2 aromatic rings. The Morgan fingerprint density at radius 3 is 2.92 bits per heavy atom. The van der Waals surface area contributed by atoms with Gasteiger partial charge in [-0.05, 0) is 30.5 Å². The summed E-state index contributed by atoms with van der Waals surface area (Å²) in [5, 5.41) is 14.7. The number of aromatic nitrogens is 3. The zero-order valence-electron chi connectivity index (χ0n) is 12.3. The number of amides is 1. The molecule has 1 amide bonds. The summed E-state index contributed by atoms with van der Waals surface area (Å²) in [6.45, 7) is 0. The van der Waals surface area contributed by atoms with E-state index in [0.717, 1.165) is 18.4 Å². The van der Waals surface area contributed by atoms with E-state index in [0.29, 0.717) is 17.8 Å². The number of fused-ring (bicyclic) bond motifs is 1. The SMILES string of the molecule is N#Cc1cccc(C2CCCc3nc(NC(=O)C(F)(F)F)nn32)c1. The lowest BCUT2D eigenvalue weighted by molar-refractivity contribution is -0.167. The Kier molecular flexibility index (Phi) is 3.97. The van der Waals surface area contributed by atoms with E-state index in [1.807, 2.05) is 6.07 Å². The van der Waals surface area contributed by atoms with Gasteiger partial charge in [-0.2, -0.15) is 23.4 Å². The molecule has 0 saturated carbocycles. The van der Waals surface area contributed by atoms with Crippen molar-refractivity contribution < 1.29 is 18.0 Å². The fraction of sp³-hybridized carbons (Fsp3) is 0.333. The number of hydrogen-bond donors (Lipinski definition) is 1. The first-order valence-corrected chi connectivity index (χ1v) is 7.22. The molecule has 1 atom stereocenters. The summed E-state index contributed by atoms with van der Waals surface area (Å²) < 4.78 is 38.5. The standard InChI is InChI=1S/C15H12F3N5O/c16-15(17,18)13(24)21-14-20-12-6-2-5-11(23(12)22-14)10-4-1-3-9(7-10)8-19/h1,3-4,7,11H,2,5-6H2,(H,21,22,24). The molecule has 9 heteroatoms. The van der Waals surface area contributed by atoms with Crippen LogP contribution < -0.4 is 5.32 Å². The zero-order chi connectivity index (χ0) is 17.3. The van der Waals surface area contributed by atoms with Crippen LogP contribution in [0.25, 0.3) is 0 Å². The van der Waals surface area contributed by atoms with E-state index in [4.69, 9.17) is 5.26 Å². The lowest BCUT2D eigenvalue weighted by Gasteiger charge is -2.23. The highest BCUT2D eigenvalue weighted by molar-refractivity contribution is 5.93. The van der Waals surface area contributed by atoms with Gasteiger partial charge >= 0.3 is 12.1 Å². The first-order chi connectivity index (χ1) is 11.4. The van der Waals surface area contributed by atoms with Crippen molar-refractivity contribution in [2.24, 2.45) is 0 Å². The van der Waals surface area contributed by atoms with Crippen LogP contribution in [-0.4, -0.2) is 26.8 Å². The average Bonchev–Trinajstić information content (AvgIpc) is 2.96. The second kappa shape index (κ2) is 5.96. The molecule has 0 fully saturated rings. The van der Waals surface area contributed by atoms with Crippen molar-refractivity contribution in [2.45, 2.75) is 31.5 Å². The van der Waals surface area contributed by atoms with Gasteiger partial charge in [0.25, 0.3) is 0 Å². The van der Waals surface area contributed by atoms with Crippen LogP contribution in [0.5, 0.6) is 0 Å². The van der Waals surface area contributed by atoms with E-state index in [2.05, 4.69) is 16.2 Å². The molecule has 6 nitrogen and oxygen atoms in total. The predicted octanol–water partition coefficient (Wildman–Crippen LogP) is 2.58. The van der Waals surface area contributed by atoms with Crippen molar-refractivity contribution in [3.8, 4) is 6.07 Å². The van der Waals surface area contributed by atoms with E-state index in [1.165, 1.54) is 4.68 Å². The summed E-state index contributed by atoms with van der Waals surface area (Å²) in [5.74, 6) is -1.96. The van der Waals surface area contributed by atoms with Crippen molar-refractivity contribution in [2.75, 3.05) is 5.32 Å². The lowest BCUT2D eigenvalue weighted by atomic mass is 9.96. The van der Waals surface area contributed by atoms with Crippen LogP contribution in [0.2, 0.25) is 0 Å². The van der Waals surface area contributed by atoms with Gasteiger partial charge in [-0.25, -0.2) is 4.68 Å². The number of halogens is 3. The van der Waals surface area contributed by atoms with Crippen molar-refractivity contribution >= 4 is 11.9 Å². The maximum Gasteiger partial charge on any atom is 0.471 e. The number of nitriles is 1. The lowest BCUT2D eigenvalue weighted by Crippen LogP contribution is -2.30. The number of anilines is 1. The second-order valence-corrected chi connectivity index (χ2v) is 5.39. The molecular weight excluding hydrogens is 323 g/mol. The first-order valence-electron chi connectivity index (χ1n) is 7.22. The molecule has 1 unspecified atom stereocenters. The minimum atomic E-state index is -4.99. The summed E-state index contributed by atoms with van der Waals surface area (Å²) in [6.07, 6.45) is -2.93. The fourth-order valence-electron chi connectivity index (χ4n) is 2.70. The van der Waals surface area contributed by atoms with E-state index in [9.17, 15) is 18.0 Å². The Balaban J connectivity index is 1.91. The van der Waals surface area contributed by atoms with Crippen LogP contribution in [0.4, 0.5) is 19.1 Å². The molecule has 1 aromatic carbocycles. The normalized spacial score (nSPS) is 17.0. The average molecular weight is 335 g/mol. The van der Waals surface area contributed by atoms with E-state index in [1.54, 1.807) is 23.5 Å². The molecule has 0 spiro atoms. The Hall–Kier alpha value is -2.89. The van der Waals surface area contributed by atoms with Crippen molar-refractivity contribution in [3.63, 3.8) is 0 Å². The minimum Gasteiger partial charge on any atom is -0.285 e. The van der Waals surface area contributed by atoms with Gasteiger partial charge in [0.15, 0.2) is 0 Å². The van der Waals surface area contributed by atoms with Gasteiger partial charge in [0.05, 0.1) is 17.7 Å². The topological polar surface area (TPSA) is 83.6 Å². The van der Waals surface area contributed by atoms with Crippen LogP contribution in [-0.2, 0) is 11.2 Å². The third-order valence-electron chi connectivity index (χ3n) is 3.76. The summed E-state index contributed by atoms with van der Waals surface area (Å²) in [5.41, 5.74) is 1.32. The maximum absolute atomic E-state index is 12.3. The predicted molar refractivity (Wildman–Crippen MR) is 76.9 cm³/mol. The van der Waals surface area contributed by atoms with E-state index >= 15 is 0 Å². The van der Waals surface area contributed by atoms with Gasteiger partial charge in [0.2, 0.25) is 5.95 Å².